The van der Waals surface area contributed by atoms with E-state index in [1.54, 1.807) is 55.4 Å². The van der Waals surface area contributed by atoms with Crippen LogP contribution in [0.3, 0.4) is 0 Å². The molecule has 8 unspecified atom stereocenters. The van der Waals surface area contributed by atoms with Crippen molar-refractivity contribution in [1.82, 2.24) is 37.2 Å². The molecule has 0 aromatic rings. The number of carboxylic acids is 2. The number of ether oxygens (including phenoxy) is 1. The van der Waals surface area contributed by atoms with Crippen molar-refractivity contribution in [2.24, 2.45) is 35.5 Å². The van der Waals surface area contributed by atoms with E-state index in [1.165, 1.54) is 0 Å². The number of cyclic esters (lactones) is 1. The van der Waals surface area contributed by atoms with Gasteiger partial charge in [-0.3, -0.25) is 43.2 Å². The minimum absolute atomic E-state index is 0.0387. The normalized spacial score (nSPS) is 24.4. The molecule has 20 nitrogen and oxygen atoms in total. The van der Waals surface area contributed by atoms with Crippen LogP contribution in [0.25, 0.3) is 0 Å². The summed E-state index contributed by atoms with van der Waals surface area (Å²) in [4.78, 5) is 136. The summed E-state index contributed by atoms with van der Waals surface area (Å²) in [5.74, 6) is -10.2. The summed E-state index contributed by atoms with van der Waals surface area (Å²) in [7, 11) is 0. The van der Waals surface area contributed by atoms with Gasteiger partial charge in [-0.25, -0.2) is 4.79 Å². The highest BCUT2D eigenvalue weighted by Gasteiger charge is 2.37. The average Bonchev–Trinajstić information content (AvgIpc) is 3.23. The van der Waals surface area contributed by atoms with Crippen molar-refractivity contribution < 1.29 is 62.9 Å². The monoisotopic (exact) mass is 1010 g/mol. The lowest BCUT2D eigenvalue weighted by Crippen LogP contribution is -2.61. The number of rotatable bonds is 22. The Balaban J connectivity index is 4.00. The molecule has 0 aromatic carbocycles. The Bertz CT molecular complexity index is 1770. The summed E-state index contributed by atoms with van der Waals surface area (Å²) in [6.07, 6.45) is 2.60. The van der Waals surface area contributed by atoms with Crippen LogP contribution in [0.5, 0.6) is 0 Å². The minimum Gasteiger partial charge on any atom is -0.481 e. The molecule has 1 aliphatic heterocycles. The molecular formula is C51H89N7O13. The zero-order valence-electron chi connectivity index (χ0n) is 44.6. The molecule has 1 saturated heterocycles. The van der Waals surface area contributed by atoms with E-state index in [4.69, 9.17) is 4.74 Å². The second-order valence-electron chi connectivity index (χ2n) is 21.7. The first-order valence-electron chi connectivity index (χ1n) is 25.8. The van der Waals surface area contributed by atoms with Crippen LogP contribution < -0.4 is 37.2 Å². The van der Waals surface area contributed by atoms with Crippen molar-refractivity contribution in [2.75, 3.05) is 0 Å². The summed E-state index contributed by atoms with van der Waals surface area (Å²) >= 11 is 0. The molecule has 406 valence electrons. The molecule has 0 bridgehead atoms. The number of hydrogen-bond donors (Lipinski definition) is 9. The van der Waals surface area contributed by atoms with Crippen molar-refractivity contribution in [3.05, 3.63) is 0 Å². The lowest BCUT2D eigenvalue weighted by molar-refractivity contribution is -0.155. The largest absolute Gasteiger partial charge is 0.481 e. The predicted octanol–water partition coefficient (Wildman–Crippen LogP) is 4.26. The van der Waals surface area contributed by atoms with Gasteiger partial charge in [0.25, 0.3) is 0 Å². The minimum atomic E-state index is -1.72. The van der Waals surface area contributed by atoms with E-state index in [9.17, 15) is 58.2 Å². The fourth-order valence-electron chi connectivity index (χ4n) is 8.22. The zero-order valence-corrected chi connectivity index (χ0v) is 44.6. The van der Waals surface area contributed by atoms with Crippen LogP contribution in [-0.4, -0.2) is 118 Å². The number of hydrogen-bond acceptors (Lipinski definition) is 11. The van der Waals surface area contributed by atoms with E-state index in [0.29, 0.717) is 12.3 Å². The molecule has 1 heterocycles. The van der Waals surface area contributed by atoms with Crippen LogP contribution in [0.2, 0.25) is 0 Å². The van der Waals surface area contributed by atoms with Crippen molar-refractivity contribution in [3.8, 4) is 0 Å². The number of amides is 7. The topological polar surface area (TPSA) is 305 Å². The fourth-order valence-corrected chi connectivity index (χ4v) is 8.22. The summed E-state index contributed by atoms with van der Waals surface area (Å²) in [6, 6.07) is -9.64. The highest BCUT2D eigenvalue weighted by Crippen LogP contribution is 2.19. The molecule has 8 atom stereocenters. The van der Waals surface area contributed by atoms with Crippen molar-refractivity contribution in [2.45, 2.75) is 228 Å². The van der Waals surface area contributed by atoms with Gasteiger partial charge in [0, 0.05) is 6.42 Å². The Morgan fingerprint density at radius 3 is 1.32 bits per heavy atom. The van der Waals surface area contributed by atoms with Gasteiger partial charge in [-0.05, 0) is 80.5 Å². The molecule has 0 aromatic heterocycles. The van der Waals surface area contributed by atoms with Gasteiger partial charge in [-0.15, -0.1) is 0 Å². The molecule has 0 spiro atoms. The Labute approximate surface area is 421 Å². The van der Waals surface area contributed by atoms with Gasteiger partial charge in [-0.2, -0.15) is 0 Å². The third kappa shape index (κ3) is 26.6. The summed E-state index contributed by atoms with van der Waals surface area (Å²) < 4.78 is 6.02. The maximum Gasteiger partial charge on any atom is 0.328 e. The fraction of sp³-hybridized carbons (Fsp3) is 0.804. The maximum atomic E-state index is 14.2. The van der Waals surface area contributed by atoms with Gasteiger partial charge in [-0.1, -0.05) is 115 Å². The summed E-state index contributed by atoms with van der Waals surface area (Å²) in [6.45, 7) is 21.9. The van der Waals surface area contributed by atoms with Gasteiger partial charge >= 0.3 is 17.9 Å². The molecule has 71 heavy (non-hydrogen) atoms. The number of carbonyl (C=O) groups excluding carboxylic acids is 8. The van der Waals surface area contributed by atoms with Crippen LogP contribution >= 0.6 is 0 Å². The Kier molecular flexibility index (Phi) is 29.3. The van der Waals surface area contributed by atoms with Gasteiger partial charge in [0.2, 0.25) is 41.4 Å². The highest BCUT2D eigenvalue weighted by atomic mass is 16.5. The number of carbonyl (C=O) groups is 10. The number of unbranched alkanes of at least 4 members (excludes halogenated alkanes) is 4. The van der Waals surface area contributed by atoms with E-state index < -0.39 is 133 Å². The summed E-state index contributed by atoms with van der Waals surface area (Å²) in [5.41, 5.74) is 0. The summed E-state index contributed by atoms with van der Waals surface area (Å²) in [5, 5.41) is 37.8. The van der Waals surface area contributed by atoms with E-state index in [-0.39, 0.29) is 62.2 Å². The molecule has 1 rings (SSSR count). The third-order valence-corrected chi connectivity index (χ3v) is 11.9. The van der Waals surface area contributed by atoms with Crippen molar-refractivity contribution >= 4 is 59.3 Å². The second kappa shape index (κ2) is 32.6. The molecule has 0 aliphatic carbocycles. The Morgan fingerprint density at radius 2 is 0.873 bits per heavy atom. The van der Waals surface area contributed by atoms with E-state index in [2.05, 4.69) is 51.1 Å². The first kappa shape index (κ1) is 63.7. The van der Waals surface area contributed by atoms with E-state index in [1.807, 2.05) is 13.8 Å². The van der Waals surface area contributed by atoms with Crippen molar-refractivity contribution in [1.29, 1.82) is 0 Å². The molecule has 7 amide bonds. The number of nitrogens with one attached hydrogen (secondary N) is 7. The Morgan fingerprint density at radius 1 is 0.465 bits per heavy atom. The molecule has 20 heteroatoms. The molecule has 0 radical (unpaired) electrons. The lowest BCUT2D eigenvalue weighted by atomic mass is 9.98. The van der Waals surface area contributed by atoms with Crippen LogP contribution in [0.4, 0.5) is 0 Å². The van der Waals surface area contributed by atoms with Gasteiger partial charge < -0.3 is 52.2 Å². The molecule has 1 aliphatic rings. The quantitative estimate of drug-likeness (QED) is 0.0542. The SMILES string of the molecule is CC(C)CCCCCCCC1CC(=O)NC(CCC(=O)O)C(=O)NC(CC(C)C)C(=O)NC(CC(C)C)C(=O)NC(C(C)C)C(=O)NC(CC(=O)O)C(=O)NC(CC(C)C)C(=O)NC(CC(C)C)C(=O)O1. The second-order valence-corrected chi connectivity index (χ2v) is 21.7. The highest BCUT2D eigenvalue weighted by molar-refractivity contribution is 5.98. The number of carboxylic acid groups (broad SMARTS) is 2. The van der Waals surface area contributed by atoms with Gasteiger partial charge in [0.15, 0.2) is 0 Å². The maximum absolute atomic E-state index is 14.2. The number of aliphatic carboxylic acids is 2. The predicted molar refractivity (Wildman–Crippen MR) is 267 cm³/mol. The average molecular weight is 1010 g/mol. The van der Waals surface area contributed by atoms with Crippen LogP contribution in [0.1, 0.15) is 179 Å². The first-order chi connectivity index (χ1) is 33.1. The van der Waals surface area contributed by atoms with Gasteiger partial charge in [0.1, 0.15) is 48.4 Å². The van der Waals surface area contributed by atoms with Crippen LogP contribution in [0, 0.1) is 35.5 Å². The zero-order chi connectivity index (χ0) is 54.1. The lowest BCUT2D eigenvalue weighted by Gasteiger charge is -2.29. The molecule has 9 N–H and O–H groups in total. The van der Waals surface area contributed by atoms with Crippen LogP contribution in [0.15, 0.2) is 0 Å². The molecule has 1 fully saturated rings. The van der Waals surface area contributed by atoms with Gasteiger partial charge in [0.05, 0.1) is 12.8 Å². The molecular weight excluding hydrogens is 919 g/mol. The third-order valence-electron chi connectivity index (χ3n) is 11.9. The van der Waals surface area contributed by atoms with E-state index >= 15 is 0 Å². The van der Waals surface area contributed by atoms with Crippen LogP contribution in [-0.2, 0) is 52.7 Å². The number of esters is 1. The van der Waals surface area contributed by atoms with E-state index in [0.717, 1.165) is 32.1 Å². The smallest absolute Gasteiger partial charge is 0.328 e. The van der Waals surface area contributed by atoms with Crippen molar-refractivity contribution in [3.63, 3.8) is 0 Å². The first-order valence-corrected chi connectivity index (χ1v) is 25.8. The molecule has 0 saturated carbocycles. The standard InChI is InChI=1S/C51H89N7O13/c1-28(2)18-16-14-13-15-17-19-34-26-41(59)52-35(20-21-42(60)61)45(64)53-36(22-29(3)4)46(65)55-38(24-31(7)8)49(68)58-44(33(11)12)50(69)56-39(27-43(62)63)48(67)54-37(23-30(5)6)47(66)57-40(25-32(9)10)51(70)71-34/h28-40,44H,13-27H2,1-12H3,(H,52,59)(H,53,64)(H,54,67)(H,55,65)(H,56,69)(H,57,66)(H,58,68)(H,60,61)(H,62,63). The Hall–Kier alpha value is -5.30.